The number of aliphatic hydroxyl groups is 2. The molecule has 0 radical (unpaired) electrons. The monoisotopic (exact) mass is 528 g/mol. The van der Waals surface area contributed by atoms with Gasteiger partial charge in [-0.25, -0.2) is 0 Å². The van der Waals surface area contributed by atoms with Crippen molar-refractivity contribution in [1.29, 1.82) is 0 Å². The predicted octanol–water partition coefficient (Wildman–Crippen LogP) is 4.97. The van der Waals surface area contributed by atoms with Crippen LogP contribution in [0.3, 0.4) is 0 Å². The van der Waals surface area contributed by atoms with E-state index in [-0.39, 0.29) is 23.9 Å². The zero-order valence-corrected chi connectivity index (χ0v) is 23.5. The molecule has 7 heteroatoms. The van der Waals surface area contributed by atoms with Gasteiger partial charge in [0.05, 0.1) is 17.8 Å². The maximum Gasteiger partial charge on any atom is 0.189 e. The van der Waals surface area contributed by atoms with Gasteiger partial charge in [0.15, 0.2) is 18.4 Å². The molecule has 1 aliphatic heterocycles. The van der Waals surface area contributed by atoms with Gasteiger partial charge in [0.2, 0.25) is 0 Å². The van der Waals surface area contributed by atoms with Crippen molar-refractivity contribution in [3.63, 3.8) is 0 Å². The van der Waals surface area contributed by atoms with Crippen molar-refractivity contribution in [2.75, 3.05) is 27.9 Å². The first-order valence-electron chi connectivity index (χ1n) is 14.3. The standard InChI is InChI=1S/C31H44O7/c1-19-37-27(38-19)21-8-6-20(7-9-21)23-16-28(2)24(11-14-30(28,33)18-34-3)22-10-13-29(32)17-31(35-4,36-5)15-12-25(29)26(22)23/h6-9,19,22-24,27,32-33H,10-18H2,1-5H3/t19?,22?,23?,24?,27?,28-,29?,30?/m0/s1. The maximum atomic E-state index is 12.1. The van der Waals surface area contributed by atoms with Gasteiger partial charge >= 0.3 is 0 Å². The Balaban J connectivity index is 1.44. The largest absolute Gasteiger partial charge is 0.387 e. The SMILES string of the molecule is COCC1(O)CCC2C3CCC4(O)CC(OC)(OC)CCC4=C3C(c3ccc(C4OC(C)O4)cc3)C[C@@]21C. The van der Waals surface area contributed by atoms with Gasteiger partial charge in [0, 0.05) is 51.1 Å². The third-order valence-corrected chi connectivity index (χ3v) is 11.1. The predicted molar refractivity (Wildman–Crippen MR) is 141 cm³/mol. The molecule has 0 bridgehead atoms. The number of allylic oxidation sites excluding steroid dienone is 1. The number of rotatable bonds is 6. The average Bonchev–Trinajstić information content (AvgIpc) is 3.15. The van der Waals surface area contributed by atoms with E-state index in [2.05, 4.69) is 31.2 Å². The number of benzene rings is 1. The van der Waals surface area contributed by atoms with Crippen molar-refractivity contribution in [3.8, 4) is 0 Å². The van der Waals surface area contributed by atoms with Crippen LogP contribution in [0, 0.1) is 17.3 Å². The normalized spacial score (nSPS) is 43.7. The van der Waals surface area contributed by atoms with E-state index in [9.17, 15) is 10.2 Å². The minimum atomic E-state index is -0.937. The molecule has 6 atom stereocenters. The third-order valence-electron chi connectivity index (χ3n) is 11.1. The lowest BCUT2D eigenvalue weighted by Gasteiger charge is -2.57. The van der Waals surface area contributed by atoms with E-state index >= 15 is 0 Å². The zero-order valence-electron chi connectivity index (χ0n) is 23.5. The van der Waals surface area contributed by atoms with Gasteiger partial charge in [-0.2, -0.15) is 0 Å². The molecule has 2 N–H and O–H groups in total. The summed E-state index contributed by atoms with van der Waals surface area (Å²) in [6, 6.07) is 8.60. The van der Waals surface area contributed by atoms with E-state index in [1.807, 2.05) is 6.92 Å². The Morgan fingerprint density at radius 1 is 0.947 bits per heavy atom. The van der Waals surface area contributed by atoms with Crippen LogP contribution in [0.1, 0.15) is 88.5 Å². The van der Waals surface area contributed by atoms with Crippen molar-refractivity contribution < 1.29 is 33.9 Å². The maximum absolute atomic E-state index is 12.1. The molecule has 1 heterocycles. The fourth-order valence-corrected chi connectivity index (χ4v) is 8.97. The van der Waals surface area contributed by atoms with Crippen molar-refractivity contribution in [2.24, 2.45) is 17.3 Å². The number of ether oxygens (including phenoxy) is 5. The minimum absolute atomic E-state index is 0.110. The molecule has 4 aliphatic carbocycles. The molecule has 210 valence electrons. The van der Waals surface area contributed by atoms with E-state index in [0.29, 0.717) is 31.3 Å². The zero-order chi connectivity index (χ0) is 26.9. The summed E-state index contributed by atoms with van der Waals surface area (Å²) in [6.07, 6.45) is 5.62. The molecular formula is C31H44O7. The highest BCUT2D eigenvalue weighted by Gasteiger charge is 2.64. The van der Waals surface area contributed by atoms with Crippen LogP contribution in [-0.2, 0) is 23.7 Å². The number of hydrogen-bond donors (Lipinski definition) is 2. The summed E-state index contributed by atoms with van der Waals surface area (Å²) in [6.45, 7) is 4.54. The average molecular weight is 529 g/mol. The molecule has 1 saturated heterocycles. The second kappa shape index (κ2) is 9.37. The fourth-order valence-electron chi connectivity index (χ4n) is 8.97. The Morgan fingerprint density at radius 2 is 1.63 bits per heavy atom. The minimum Gasteiger partial charge on any atom is -0.387 e. The molecule has 3 saturated carbocycles. The highest BCUT2D eigenvalue weighted by molar-refractivity contribution is 5.44. The molecule has 0 amide bonds. The summed E-state index contributed by atoms with van der Waals surface area (Å²) >= 11 is 0. The summed E-state index contributed by atoms with van der Waals surface area (Å²) in [5, 5.41) is 24.1. The lowest BCUT2D eigenvalue weighted by atomic mass is 9.49. The van der Waals surface area contributed by atoms with Crippen molar-refractivity contribution >= 4 is 0 Å². The van der Waals surface area contributed by atoms with Crippen LogP contribution in [0.2, 0.25) is 0 Å². The molecule has 6 rings (SSSR count). The molecule has 5 unspecified atom stereocenters. The molecule has 38 heavy (non-hydrogen) atoms. The highest BCUT2D eigenvalue weighted by atomic mass is 16.9. The van der Waals surface area contributed by atoms with E-state index in [1.54, 1.807) is 21.3 Å². The molecule has 4 fully saturated rings. The van der Waals surface area contributed by atoms with Crippen molar-refractivity contribution in [1.82, 2.24) is 0 Å². The molecule has 7 nitrogen and oxygen atoms in total. The van der Waals surface area contributed by atoms with Crippen LogP contribution in [0.15, 0.2) is 35.4 Å². The molecule has 0 aromatic heterocycles. The number of fused-ring (bicyclic) bond motifs is 4. The van der Waals surface area contributed by atoms with Gasteiger partial charge in [-0.05, 0) is 68.4 Å². The van der Waals surface area contributed by atoms with Gasteiger partial charge in [0.25, 0.3) is 0 Å². The summed E-state index contributed by atoms with van der Waals surface area (Å²) in [5.74, 6) is 0.0486. The first kappa shape index (κ1) is 26.9. The smallest absolute Gasteiger partial charge is 0.189 e. The third kappa shape index (κ3) is 3.88. The van der Waals surface area contributed by atoms with Gasteiger partial charge in [-0.1, -0.05) is 36.8 Å². The molecule has 1 aromatic carbocycles. The lowest BCUT2D eigenvalue weighted by molar-refractivity contribution is -0.382. The fraction of sp³-hybridized carbons (Fsp3) is 0.742. The number of methoxy groups -OCH3 is 3. The summed E-state index contributed by atoms with van der Waals surface area (Å²) < 4.78 is 28.6. The van der Waals surface area contributed by atoms with E-state index < -0.39 is 17.0 Å². The lowest BCUT2D eigenvalue weighted by Crippen LogP contribution is -2.56. The van der Waals surface area contributed by atoms with Crippen LogP contribution in [0.5, 0.6) is 0 Å². The first-order valence-corrected chi connectivity index (χ1v) is 14.3. The Kier molecular flexibility index (Phi) is 6.63. The van der Waals surface area contributed by atoms with Crippen molar-refractivity contribution in [2.45, 2.75) is 101 Å². The van der Waals surface area contributed by atoms with Crippen LogP contribution in [0.4, 0.5) is 0 Å². The van der Waals surface area contributed by atoms with Gasteiger partial charge < -0.3 is 33.9 Å². The van der Waals surface area contributed by atoms with Crippen LogP contribution < -0.4 is 0 Å². The van der Waals surface area contributed by atoms with Gasteiger partial charge in [-0.15, -0.1) is 0 Å². The highest BCUT2D eigenvalue weighted by Crippen LogP contribution is 2.67. The molecule has 0 spiro atoms. The topological polar surface area (TPSA) is 86.6 Å². The van der Waals surface area contributed by atoms with E-state index in [0.717, 1.165) is 44.1 Å². The van der Waals surface area contributed by atoms with Crippen LogP contribution >= 0.6 is 0 Å². The second-order valence-electron chi connectivity index (χ2n) is 12.7. The molecular weight excluding hydrogens is 484 g/mol. The quantitative estimate of drug-likeness (QED) is 0.398. The molecule has 1 aromatic rings. The number of hydrogen-bond acceptors (Lipinski definition) is 7. The van der Waals surface area contributed by atoms with Gasteiger partial charge in [0.1, 0.15) is 0 Å². The Bertz CT molecular complexity index is 1070. The summed E-state index contributed by atoms with van der Waals surface area (Å²) in [5.41, 5.74) is 2.76. The Hall–Kier alpha value is -1.32. The first-order chi connectivity index (χ1) is 18.1. The van der Waals surface area contributed by atoms with Gasteiger partial charge in [-0.3, -0.25) is 0 Å². The van der Waals surface area contributed by atoms with Crippen molar-refractivity contribution in [3.05, 3.63) is 46.5 Å². The molecule has 5 aliphatic rings. The summed E-state index contributed by atoms with van der Waals surface area (Å²) in [7, 11) is 5.05. The van der Waals surface area contributed by atoms with Crippen LogP contribution in [0.25, 0.3) is 0 Å². The van der Waals surface area contributed by atoms with E-state index in [1.165, 1.54) is 16.7 Å². The Morgan fingerprint density at radius 3 is 2.26 bits per heavy atom. The second-order valence-corrected chi connectivity index (χ2v) is 12.7. The summed E-state index contributed by atoms with van der Waals surface area (Å²) in [4.78, 5) is 0. The van der Waals surface area contributed by atoms with Crippen LogP contribution in [-0.4, -0.2) is 61.4 Å². The Labute approximate surface area is 226 Å². The van der Waals surface area contributed by atoms with E-state index in [4.69, 9.17) is 23.7 Å².